The van der Waals surface area contributed by atoms with E-state index in [1.165, 1.54) is 0 Å². The van der Waals surface area contributed by atoms with Crippen molar-refractivity contribution in [2.24, 2.45) is 0 Å². The van der Waals surface area contributed by atoms with E-state index in [1.54, 1.807) is 6.08 Å². The maximum Gasteiger partial charge on any atom is 0.110 e. The summed E-state index contributed by atoms with van der Waals surface area (Å²) in [6.45, 7) is 0. The summed E-state index contributed by atoms with van der Waals surface area (Å²) >= 11 is 5.69. The zero-order chi connectivity index (χ0) is 7.84. The third-order valence-electron chi connectivity index (χ3n) is 1.56. The molecule has 1 nitrogen and oxygen atoms in total. The van der Waals surface area contributed by atoms with Crippen molar-refractivity contribution in [1.82, 2.24) is 0 Å². The first-order chi connectivity index (χ1) is 5.29. The highest BCUT2D eigenvalue weighted by Gasteiger charge is 2.17. The minimum atomic E-state index is -1.12. The van der Waals surface area contributed by atoms with Crippen LogP contribution in [0.4, 0.5) is 0 Å². The Balaban J connectivity index is 2.67. The van der Waals surface area contributed by atoms with Crippen LogP contribution in [0.15, 0.2) is 33.5 Å². The first-order valence-corrected chi connectivity index (χ1v) is 4.70. The lowest BCUT2D eigenvalue weighted by atomic mass is 10.2. The Morgan fingerprint density at radius 3 is 2.73 bits per heavy atom. The SMILES string of the molecule is O=S1C(Cl)=Cc2ccccc21. The van der Waals surface area contributed by atoms with Gasteiger partial charge in [0.25, 0.3) is 0 Å². The molecule has 0 saturated carbocycles. The first-order valence-electron chi connectivity index (χ1n) is 3.17. The van der Waals surface area contributed by atoms with Gasteiger partial charge in [-0.3, -0.25) is 0 Å². The highest BCUT2D eigenvalue weighted by atomic mass is 35.5. The van der Waals surface area contributed by atoms with Gasteiger partial charge in [-0.1, -0.05) is 29.8 Å². The standard InChI is InChI=1S/C8H5ClOS/c9-8-5-6-3-1-2-4-7(6)11(8)10/h1-5H. The number of rotatable bonds is 0. The molecule has 1 atom stereocenters. The van der Waals surface area contributed by atoms with E-state index in [9.17, 15) is 4.21 Å². The largest absolute Gasteiger partial charge is 0.248 e. The van der Waals surface area contributed by atoms with Crippen molar-refractivity contribution in [3.8, 4) is 0 Å². The third kappa shape index (κ3) is 1.03. The smallest absolute Gasteiger partial charge is 0.110 e. The molecule has 1 aliphatic heterocycles. The summed E-state index contributed by atoms with van der Waals surface area (Å²) in [4.78, 5) is 0.817. The molecule has 2 rings (SSSR count). The number of benzene rings is 1. The summed E-state index contributed by atoms with van der Waals surface area (Å²) in [5, 5.41) is 0. The van der Waals surface area contributed by atoms with E-state index in [-0.39, 0.29) is 0 Å². The van der Waals surface area contributed by atoms with E-state index in [0.717, 1.165) is 10.5 Å². The van der Waals surface area contributed by atoms with E-state index in [4.69, 9.17) is 11.6 Å². The van der Waals surface area contributed by atoms with Crippen LogP contribution in [0.2, 0.25) is 0 Å². The Morgan fingerprint density at radius 2 is 2.00 bits per heavy atom. The zero-order valence-corrected chi connectivity index (χ0v) is 7.15. The van der Waals surface area contributed by atoms with Gasteiger partial charge in [0, 0.05) is 0 Å². The predicted molar refractivity (Wildman–Crippen MR) is 46.7 cm³/mol. The molecule has 1 heterocycles. The van der Waals surface area contributed by atoms with Crippen LogP contribution in [-0.4, -0.2) is 4.21 Å². The summed E-state index contributed by atoms with van der Waals surface area (Å²) < 4.78 is 11.7. The summed E-state index contributed by atoms with van der Waals surface area (Å²) in [7, 11) is -1.12. The Morgan fingerprint density at radius 1 is 1.27 bits per heavy atom. The van der Waals surface area contributed by atoms with Gasteiger partial charge in [-0.15, -0.1) is 0 Å². The average molecular weight is 185 g/mol. The van der Waals surface area contributed by atoms with Crippen LogP contribution in [0.3, 0.4) is 0 Å². The fourth-order valence-corrected chi connectivity index (χ4v) is 2.40. The lowest BCUT2D eigenvalue weighted by Gasteiger charge is -1.93. The highest BCUT2D eigenvalue weighted by Crippen LogP contribution is 2.30. The minimum Gasteiger partial charge on any atom is -0.248 e. The van der Waals surface area contributed by atoms with E-state index in [0.29, 0.717) is 4.36 Å². The topological polar surface area (TPSA) is 17.1 Å². The fourth-order valence-electron chi connectivity index (χ4n) is 1.05. The minimum absolute atomic E-state index is 0.422. The number of halogens is 1. The number of hydrogen-bond donors (Lipinski definition) is 0. The van der Waals surface area contributed by atoms with Gasteiger partial charge in [-0.05, 0) is 17.7 Å². The van der Waals surface area contributed by atoms with Crippen LogP contribution in [0.25, 0.3) is 6.08 Å². The average Bonchev–Trinajstić information content (AvgIpc) is 2.30. The Hall–Kier alpha value is -0.600. The molecular weight excluding hydrogens is 180 g/mol. The van der Waals surface area contributed by atoms with E-state index < -0.39 is 10.8 Å². The van der Waals surface area contributed by atoms with Crippen LogP contribution in [0, 0.1) is 0 Å². The van der Waals surface area contributed by atoms with Crippen molar-refractivity contribution in [2.75, 3.05) is 0 Å². The quantitative estimate of drug-likeness (QED) is 0.605. The van der Waals surface area contributed by atoms with Gasteiger partial charge >= 0.3 is 0 Å². The molecule has 1 unspecified atom stereocenters. The van der Waals surface area contributed by atoms with Gasteiger partial charge in [0.15, 0.2) is 0 Å². The second kappa shape index (κ2) is 2.47. The molecule has 1 aliphatic rings. The molecule has 11 heavy (non-hydrogen) atoms. The maximum absolute atomic E-state index is 11.3. The van der Waals surface area contributed by atoms with Gasteiger partial charge in [-0.25, -0.2) is 4.21 Å². The molecule has 0 aliphatic carbocycles. The first kappa shape index (κ1) is 7.07. The number of hydrogen-bond acceptors (Lipinski definition) is 1. The second-order valence-electron chi connectivity index (χ2n) is 2.26. The molecule has 0 aromatic heterocycles. The van der Waals surface area contributed by atoms with Crippen LogP contribution < -0.4 is 0 Å². The monoisotopic (exact) mass is 184 g/mol. The molecule has 3 heteroatoms. The van der Waals surface area contributed by atoms with Gasteiger partial charge in [0.2, 0.25) is 0 Å². The van der Waals surface area contributed by atoms with Gasteiger partial charge in [0.05, 0.1) is 15.7 Å². The van der Waals surface area contributed by atoms with E-state index in [2.05, 4.69) is 0 Å². The summed E-state index contributed by atoms with van der Waals surface area (Å²) in [5.74, 6) is 0. The molecule has 56 valence electrons. The van der Waals surface area contributed by atoms with Crippen LogP contribution >= 0.6 is 11.6 Å². The van der Waals surface area contributed by atoms with Crippen LogP contribution in [0.5, 0.6) is 0 Å². The molecule has 0 amide bonds. The predicted octanol–water partition coefficient (Wildman–Crippen LogP) is 2.34. The molecule has 0 bridgehead atoms. The third-order valence-corrected chi connectivity index (χ3v) is 3.34. The molecule has 0 saturated heterocycles. The normalized spacial score (nSPS) is 21.2. The Bertz CT molecular complexity index is 357. The zero-order valence-electron chi connectivity index (χ0n) is 5.58. The second-order valence-corrected chi connectivity index (χ2v) is 4.30. The summed E-state index contributed by atoms with van der Waals surface area (Å²) in [5.41, 5.74) is 0.968. The van der Waals surface area contributed by atoms with Crippen LogP contribution in [-0.2, 0) is 10.8 Å². The summed E-state index contributed by atoms with van der Waals surface area (Å²) in [6.07, 6.45) is 1.74. The van der Waals surface area contributed by atoms with Gasteiger partial charge in [-0.2, -0.15) is 0 Å². The molecule has 0 radical (unpaired) electrons. The summed E-state index contributed by atoms with van der Waals surface area (Å²) in [6, 6.07) is 7.50. The molecule has 1 aromatic rings. The van der Waals surface area contributed by atoms with Gasteiger partial charge in [0.1, 0.15) is 4.36 Å². The van der Waals surface area contributed by atoms with Crippen molar-refractivity contribution in [3.63, 3.8) is 0 Å². The maximum atomic E-state index is 11.3. The molecule has 0 N–H and O–H groups in total. The van der Waals surface area contributed by atoms with Crippen molar-refractivity contribution >= 4 is 28.5 Å². The fraction of sp³-hybridized carbons (Fsp3) is 0. The van der Waals surface area contributed by atoms with Crippen LogP contribution in [0.1, 0.15) is 5.56 Å². The molecule has 1 aromatic carbocycles. The molecule has 0 fully saturated rings. The van der Waals surface area contributed by atoms with Crippen molar-refractivity contribution < 1.29 is 4.21 Å². The van der Waals surface area contributed by atoms with Crippen molar-refractivity contribution in [2.45, 2.75) is 4.90 Å². The van der Waals surface area contributed by atoms with Gasteiger partial charge < -0.3 is 0 Å². The molecule has 0 spiro atoms. The van der Waals surface area contributed by atoms with E-state index >= 15 is 0 Å². The Labute approximate surface area is 72.1 Å². The van der Waals surface area contributed by atoms with Crippen molar-refractivity contribution in [1.29, 1.82) is 0 Å². The van der Waals surface area contributed by atoms with E-state index in [1.807, 2.05) is 24.3 Å². The lowest BCUT2D eigenvalue weighted by Crippen LogP contribution is -1.84. The molecular formula is C8H5ClOS. The Kier molecular flexibility index (Phi) is 1.59. The lowest BCUT2D eigenvalue weighted by molar-refractivity contribution is 0.688. The van der Waals surface area contributed by atoms with Crippen molar-refractivity contribution in [3.05, 3.63) is 34.2 Å². The highest BCUT2D eigenvalue weighted by molar-refractivity contribution is 7.91. The number of fused-ring (bicyclic) bond motifs is 1.